The van der Waals surface area contributed by atoms with Crippen LogP contribution in [0.1, 0.15) is 5.56 Å². The monoisotopic (exact) mass is 439 g/mol. The number of amides is 1. The van der Waals surface area contributed by atoms with Crippen LogP contribution in [0.15, 0.2) is 50.5 Å². The fraction of sp³-hybridized carbons (Fsp3) is 0.118. The Kier molecular flexibility index (Phi) is 5.67. The van der Waals surface area contributed by atoms with E-state index in [-0.39, 0.29) is 21.1 Å². The summed E-state index contributed by atoms with van der Waals surface area (Å²) in [6.07, 6.45) is 0. The van der Waals surface area contributed by atoms with Crippen LogP contribution < -0.4 is 5.32 Å². The molecular formula is C17H12BrF2N3O2S. The van der Waals surface area contributed by atoms with E-state index in [2.05, 4.69) is 31.4 Å². The molecule has 5 nitrogen and oxygen atoms in total. The summed E-state index contributed by atoms with van der Waals surface area (Å²) in [6, 6.07) is 9.33. The first-order valence-corrected chi connectivity index (χ1v) is 9.18. The average molecular weight is 440 g/mol. The van der Waals surface area contributed by atoms with Crippen LogP contribution in [0, 0.1) is 18.6 Å². The number of nitrogens with zero attached hydrogens (tertiary/aromatic N) is 2. The topological polar surface area (TPSA) is 68.0 Å². The molecule has 9 heteroatoms. The lowest BCUT2D eigenvalue weighted by molar-refractivity contribution is -0.113. The number of carbonyl (C=O) groups is 1. The minimum Gasteiger partial charge on any atom is -0.411 e. The summed E-state index contributed by atoms with van der Waals surface area (Å²) < 4.78 is 32.4. The summed E-state index contributed by atoms with van der Waals surface area (Å²) in [5.41, 5.74) is 1.76. The van der Waals surface area contributed by atoms with Gasteiger partial charge in [-0.3, -0.25) is 4.79 Å². The number of thioether (sulfide) groups is 1. The number of halogens is 3. The third-order valence-electron chi connectivity index (χ3n) is 3.30. The van der Waals surface area contributed by atoms with Gasteiger partial charge >= 0.3 is 0 Å². The first kappa shape index (κ1) is 18.5. The van der Waals surface area contributed by atoms with Crippen LogP contribution >= 0.6 is 27.7 Å². The second kappa shape index (κ2) is 7.96. The zero-order valence-corrected chi connectivity index (χ0v) is 15.8. The van der Waals surface area contributed by atoms with E-state index in [1.54, 1.807) is 0 Å². The Morgan fingerprint density at radius 1 is 1.23 bits per heavy atom. The molecule has 3 aromatic rings. The first-order chi connectivity index (χ1) is 12.4. The van der Waals surface area contributed by atoms with E-state index in [9.17, 15) is 13.6 Å². The van der Waals surface area contributed by atoms with Gasteiger partial charge in [-0.25, -0.2) is 8.78 Å². The molecule has 0 unspecified atom stereocenters. The number of rotatable bonds is 5. The molecule has 0 aliphatic carbocycles. The van der Waals surface area contributed by atoms with Crippen molar-refractivity contribution >= 4 is 39.3 Å². The highest BCUT2D eigenvalue weighted by Gasteiger charge is 2.15. The van der Waals surface area contributed by atoms with Crippen LogP contribution in [0.25, 0.3) is 11.5 Å². The van der Waals surface area contributed by atoms with Gasteiger partial charge in [0.2, 0.25) is 11.8 Å². The van der Waals surface area contributed by atoms with E-state index >= 15 is 0 Å². The van der Waals surface area contributed by atoms with Crippen molar-refractivity contribution in [3.05, 3.63) is 58.1 Å². The molecular weight excluding hydrogens is 428 g/mol. The maximum Gasteiger partial charge on any atom is 0.277 e. The number of benzene rings is 2. The SMILES string of the molecule is Cc1ccc(-c2nnc(SCC(=O)Nc3c(F)cc(F)cc3Br)o2)cc1. The predicted octanol–water partition coefficient (Wildman–Crippen LogP) is 4.82. The zero-order valence-electron chi connectivity index (χ0n) is 13.4. The Hall–Kier alpha value is -2.26. The summed E-state index contributed by atoms with van der Waals surface area (Å²) >= 11 is 4.03. The lowest BCUT2D eigenvalue weighted by Gasteiger charge is -2.08. The standard InChI is InChI=1S/C17H12BrF2N3O2S/c1-9-2-4-10(5-3-9)16-22-23-17(25-16)26-8-14(24)21-15-12(18)6-11(19)7-13(15)20/h2-7H,8H2,1H3,(H,21,24). The molecule has 0 fully saturated rings. The van der Waals surface area contributed by atoms with Crippen molar-refractivity contribution in [3.8, 4) is 11.5 Å². The molecule has 0 bridgehead atoms. The summed E-state index contributed by atoms with van der Waals surface area (Å²) in [5, 5.41) is 10.4. The van der Waals surface area contributed by atoms with Gasteiger partial charge in [-0.2, -0.15) is 0 Å². The Labute approximate surface area is 160 Å². The number of hydrogen-bond donors (Lipinski definition) is 1. The van der Waals surface area contributed by atoms with Crippen molar-refractivity contribution in [3.63, 3.8) is 0 Å². The molecule has 0 aliphatic heterocycles. The average Bonchev–Trinajstić information content (AvgIpc) is 3.06. The van der Waals surface area contributed by atoms with Gasteiger partial charge in [0.15, 0.2) is 5.82 Å². The normalized spacial score (nSPS) is 10.8. The van der Waals surface area contributed by atoms with Crippen molar-refractivity contribution in [2.24, 2.45) is 0 Å². The van der Waals surface area contributed by atoms with E-state index in [1.165, 1.54) is 0 Å². The van der Waals surface area contributed by atoms with Crippen molar-refractivity contribution < 1.29 is 18.0 Å². The van der Waals surface area contributed by atoms with Gasteiger partial charge in [-0.05, 0) is 41.1 Å². The highest BCUT2D eigenvalue weighted by Crippen LogP contribution is 2.28. The third kappa shape index (κ3) is 4.47. The molecule has 1 N–H and O–H groups in total. The van der Waals surface area contributed by atoms with Crippen LogP contribution in [-0.2, 0) is 4.79 Å². The van der Waals surface area contributed by atoms with E-state index in [0.29, 0.717) is 12.0 Å². The largest absolute Gasteiger partial charge is 0.411 e. The maximum atomic E-state index is 13.7. The van der Waals surface area contributed by atoms with Crippen molar-refractivity contribution in [2.45, 2.75) is 12.1 Å². The van der Waals surface area contributed by atoms with Crippen LogP contribution in [0.4, 0.5) is 14.5 Å². The van der Waals surface area contributed by atoms with E-state index in [0.717, 1.165) is 29.0 Å². The molecule has 0 atom stereocenters. The quantitative estimate of drug-likeness (QED) is 0.577. The molecule has 1 aromatic heterocycles. The molecule has 0 radical (unpaired) electrons. The van der Waals surface area contributed by atoms with Gasteiger partial charge in [0.25, 0.3) is 5.22 Å². The second-order valence-electron chi connectivity index (χ2n) is 5.32. The lowest BCUT2D eigenvalue weighted by atomic mass is 10.1. The van der Waals surface area contributed by atoms with Gasteiger partial charge in [0.1, 0.15) is 5.82 Å². The molecule has 0 spiro atoms. The molecule has 0 saturated carbocycles. The van der Waals surface area contributed by atoms with Gasteiger partial charge in [-0.15, -0.1) is 10.2 Å². The number of aryl methyl sites for hydroxylation is 1. The summed E-state index contributed by atoms with van der Waals surface area (Å²) in [5.74, 6) is -1.82. The second-order valence-corrected chi connectivity index (χ2v) is 7.10. The predicted molar refractivity (Wildman–Crippen MR) is 97.9 cm³/mol. The highest BCUT2D eigenvalue weighted by atomic mass is 79.9. The van der Waals surface area contributed by atoms with Crippen LogP contribution in [0.2, 0.25) is 0 Å². The Bertz CT molecular complexity index is 924. The molecule has 134 valence electrons. The molecule has 1 amide bonds. The molecule has 3 rings (SSSR count). The Morgan fingerprint density at radius 3 is 2.65 bits per heavy atom. The molecule has 1 heterocycles. The van der Waals surface area contributed by atoms with Gasteiger partial charge in [0, 0.05) is 16.1 Å². The number of carbonyl (C=O) groups excluding carboxylic acids is 1. The Balaban J connectivity index is 1.61. The highest BCUT2D eigenvalue weighted by molar-refractivity contribution is 9.10. The van der Waals surface area contributed by atoms with Crippen molar-refractivity contribution in [1.82, 2.24) is 10.2 Å². The summed E-state index contributed by atoms with van der Waals surface area (Å²) in [7, 11) is 0. The van der Waals surface area contributed by atoms with Crippen molar-refractivity contribution in [2.75, 3.05) is 11.1 Å². The van der Waals surface area contributed by atoms with Gasteiger partial charge < -0.3 is 9.73 Å². The molecule has 26 heavy (non-hydrogen) atoms. The summed E-state index contributed by atoms with van der Waals surface area (Å²) in [6.45, 7) is 1.97. The van der Waals surface area contributed by atoms with Crippen LogP contribution in [0.5, 0.6) is 0 Å². The fourth-order valence-corrected chi connectivity index (χ4v) is 3.12. The van der Waals surface area contributed by atoms with Crippen molar-refractivity contribution in [1.29, 1.82) is 0 Å². The maximum absolute atomic E-state index is 13.7. The van der Waals surface area contributed by atoms with E-state index in [4.69, 9.17) is 4.42 Å². The van der Waals surface area contributed by atoms with E-state index < -0.39 is 17.5 Å². The third-order valence-corrected chi connectivity index (χ3v) is 4.75. The number of aromatic nitrogens is 2. The number of nitrogens with one attached hydrogen (secondary N) is 1. The molecule has 2 aromatic carbocycles. The lowest BCUT2D eigenvalue weighted by Crippen LogP contribution is -2.15. The summed E-state index contributed by atoms with van der Waals surface area (Å²) in [4.78, 5) is 12.0. The van der Waals surface area contributed by atoms with Crippen LogP contribution in [-0.4, -0.2) is 21.9 Å². The number of hydrogen-bond acceptors (Lipinski definition) is 5. The fourth-order valence-electron chi connectivity index (χ4n) is 2.05. The zero-order chi connectivity index (χ0) is 18.7. The molecule has 0 saturated heterocycles. The smallest absolute Gasteiger partial charge is 0.277 e. The van der Waals surface area contributed by atoms with Gasteiger partial charge in [-0.1, -0.05) is 29.5 Å². The van der Waals surface area contributed by atoms with E-state index in [1.807, 2.05) is 31.2 Å². The Morgan fingerprint density at radius 2 is 1.96 bits per heavy atom. The minimum absolute atomic E-state index is 0.0706. The first-order valence-electron chi connectivity index (χ1n) is 7.40. The number of anilines is 1. The molecule has 0 aliphatic rings. The minimum atomic E-state index is -0.866. The van der Waals surface area contributed by atoms with Crippen LogP contribution in [0.3, 0.4) is 0 Å². The van der Waals surface area contributed by atoms with Gasteiger partial charge in [0.05, 0.1) is 11.4 Å².